The molecule has 2 N–H and O–H groups in total. The Bertz CT molecular complexity index is 889. The molecule has 8 heteroatoms. The zero-order valence-corrected chi connectivity index (χ0v) is 17.6. The number of Topliss-reactive ketones (excluding diaryl/α,β-unsaturated/α-hetero) is 1. The molecule has 1 aromatic rings. The van der Waals surface area contributed by atoms with Crippen LogP contribution in [0.1, 0.15) is 37.7 Å². The van der Waals surface area contributed by atoms with Crippen molar-refractivity contribution in [2.75, 3.05) is 20.8 Å². The number of hydrogen-bond donors (Lipinski definition) is 1. The molecule has 0 spiro atoms. The maximum Gasteiger partial charge on any atom is 0.340 e. The molecule has 0 saturated heterocycles. The molecular weight excluding hydrogens is 430 g/mol. The van der Waals surface area contributed by atoms with Crippen LogP contribution in [0.2, 0.25) is 0 Å². The number of carbonyl (C=O) groups excluding carboxylic acids is 2. The highest BCUT2D eigenvalue weighted by Gasteiger charge is 2.41. The zero-order valence-electron chi connectivity index (χ0n) is 16.0. The second-order valence-electron chi connectivity index (χ2n) is 6.39. The van der Waals surface area contributed by atoms with Crippen molar-refractivity contribution in [2.24, 2.45) is 5.73 Å². The summed E-state index contributed by atoms with van der Waals surface area (Å²) in [7, 11) is 2.81. The van der Waals surface area contributed by atoms with Gasteiger partial charge in [0.15, 0.2) is 17.3 Å². The van der Waals surface area contributed by atoms with E-state index in [4.69, 9.17) is 24.7 Å². The second-order valence-corrected chi connectivity index (χ2v) is 7.24. The highest BCUT2D eigenvalue weighted by molar-refractivity contribution is 9.10. The van der Waals surface area contributed by atoms with Crippen LogP contribution in [0.15, 0.2) is 39.4 Å². The monoisotopic (exact) mass is 451 g/mol. The van der Waals surface area contributed by atoms with E-state index in [2.05, 4.69) is 15.9 Å². The predicted octanol–water partition coefficient (Wildman–Crippen LogP) is 3.32. The standard InChI is InChI=1S/C20H22BrNO6/c1-4-27-14-9-10(8-11(21)18(14)25-2)15-16-12(23)6-5-7-13(16)28-19(22)17(15)20(24)26-3/h8-9,15H,4-7,22H2,1-3H3/t15-/m1/s1. The van der Waals surface area contributed by atoms with Gasteiger partial charge in [0, 0.05) is 18.4 Å². The number of halogens is 1. The summed E-state index contributed by atoms with van der Waals surface area (Å²) in [5.74, 6) is 0.0757. The molecule has 0 fully saturated rings. The molecule has 0 amide bonds. The maximum absolute atomic E-state index is 12.8. The Kier molecular flexibility index (Phi) is 5.98. The van der Waals surface area contributed by atoms with Crippen LogP contribution in [0.4, 0.5) is 0 Å². The topological polar surface area (TPSA) is 97.1 Å². The van der Waals surface area contributed by atoms with E-state index in [1.807, 2.05) is 6.92 Å². The summed E-state index contributed by atoms with van der Waals surface area (Å²) in [4.78, 5) is 25.3. The first kappa shape index (κ1) is 20.3. The molecule has 0 radical (unpaired) electrons. The Hall–Kier alpha value is -2.48. The minimum atomic E-state index is -0.703. The number of methoxy groups -OCH3 is 2. The van der Waals surface area contributed by atoms with Gasteiger partial charge >= 0.3 is 5.97 Å². The number of hydrogen-bond acceptors (Lipinski definition) is 7. The molecule has 1 aliphatic heterocycles. The first-order valence-electron chi connectivity index (χ1n) is 8.95. The van der Waals surface area contributed by atoms with Gasteiger partial charge in [-0.05, 0) is 47.0 Å². The van der Waals surface area contributed by atoms with E-state index < -0.39 is 11.9 Å². The van der Waals surface area contributed by atoms with Gasteiger partial charge in [-0.3, -0.25) is 4.79 Å². The quantitative estimate of drug-likeness (QED) is 0.685. The van der Waals surface area contributed by atoms with E-state index in [1.54, 1.807) is 19.2 Å². The van der Waals surface area contributed by atoms with Crippen LogP contribution >= 0.6 is 15.9 Å². The van der Waals surface area contributed by atoms with Crippen molar-refractivity contribution in [3.63, 3.8) is 0 Å². The summed E-state index contributed by atoms with van der Waals surface area (Å²) < 4.78 is 22.3. The van der Waals surface area contributed by atoms with Crippen molar-refractivity contribution >= 4 is 27.7 Å². The Morgan fingerprint density at radius 1 is 1.32 bits per heavy atom. The smallest absolute Gasteiger partial charge is 0.340 e. The van der Waals surface area contributed by atoms with Crippen molar-refractivity contribution in [3.05, 3.63) is 45.0 Å². The molecule has 2 aliphatic rings. The highest BCUT2D eigenvalue weighted by atomic mass is 79.9. The molecule has 1 heterocycles. The molecule has 0 aromatic heterocycles. The van der Waals surface area contributed by atoms with Crippen LogP contribution in [0, 0.1) is 0 Å². The maximum atomic E-state index is 12.8. The molecule has 1 aliphatic carbocycles. The summed E-state index contributed by atoms with van der Waals surface area (Å²) in [6.45, 7) is 2.28. The third kappa shape index (κ3) is 3.48. The van der Waals surface area contributed by atoms with E-state index in [-0.39, 0.29) is 17.2 Å². The Balaban J connectivity index is 2.24. The third-order valence-corrected chi connectivity index (χ3v) is 5.35. The van der Waals surface area contributed by atoms with E-state index >= 15 is 0 Å². The van der Waals surface area contributed by atoms with E-state index in [9.17, 15) is 9.59 Å². The highest BCUT2D eigenvalue weighted by Crippen LogP contribution is 2.47. The van der Waals surface area contributed by atoms with E-state index in [0.29, 0.717) is 58.7 Å². The second kappa shape index (κ2) is 8.26. The molecule has 0 saturated carbocycles. The van der Waals surface area contributed by atoms with Crippen molar-refractivity contribution in [1.29, 1.82) is 0 Å². The van der Waals surface area contributed by atoms with Crippen LogP contribution < -0.4 is 15.2 Å². The molecule has 7 nitrogen and oxygen atoms in total. The van der Waals surface area contributed by atoms with Crippen LogP contribution in [-0.4, -0.2) is 32.6 Å². The van der Waals surface area contributed by atoms with Crippen molar-refractivity contribution in [1.82, 2.24) is 0 Å². The molecule has 0 bridgehead atoms. The van der Waals surface area contributed by atoms with Gasteiger partial charge in [-0.2, -0.15) is 0 Å². The minimum absolute atomic E-state index is 0.0461. The Morgan fingerprint density at radius 3 is 2.71 bits per heavy atom. The van der Waals surface area contributed by atoms with Crippen LogP contribution in [-0.2, 0) is 19.1 Å². The van der Waals surface area contributed by atoms with Gasteiger partial charge in [0.05, 0.1) is 31.2 Å². The first-order chi connectivity index (χ1) is 13.4. The fourth-order valence-corrected chi connectivity index (χ4v) is 4.24. The fourth-order valence-electron chi connectivity index (χ4n) is 3.61. The van der Waals surface area contributed by atoms with Gasteiger partial charge in [-0.1, -0.05) is 0 Å². The molecule has 150 valence electrons. The molecule has 28 heavy (non-hydrogen) atoms. The van der Waals surface area contributed by atoms with E-state index in [0.717, 1.165) is 0 Å². The molecule has 0 unspecified atom stereocenters. The lowest BCUT2D eigenvalue weighted by Gasteiger charge is -2.32. The molecule has 1 atom stereocenters. The Labute approximate surface area is 171 Å². The average molecular weight is 452 g/mol. The average Bonchev–Trinajstić information content (AvgIpc) is 2.66. The largest absolute Gasteiger partial charge is 0.492 e. The number of rotatable bonds is 5. The Morgan fingerprint density at radius 2 is 2.07 bits per heavy atom. The number of ketones is 1. The van der Waals surface area contributed by atoms with Crippen molar-refractivity contribution in [2.45, 2.75) is 32.1 Å². The minimum Gasteiger partial charge on any atom is -0.492 e. The summed E-state index contributed by atoms with van der Waals surface area (Å²) in [6.07, 6.45) is 1.66. The first-order valence-corrected chi connectivity index (χ1v) is 9.74. The van der Waals surface area contributed by atoms with Gasteiger partial charge < -0.3 is 24.7 Å². The number of benzene rings is 1. The number of carbonyl (C=O) groups is 2. The van der Waals surface area contributed by atoms with Gasteiger partial charge in [0.25, 0.3) is 0 Å². The lowest BCUT2D eigenvalue weighted by atomic mass is 9.77. The number of allylic oxidation sites excluding steroid dienone is 2. The summed E-state index contributed by atoms with van der Waals surface area (Å²) in [5, 5.41) is 0. The van der Waals surface area contributed by atoms with Gasteiger partial charge in [0.2, 0.25) is 5.88 Å². The van der Waals surface area contributed by atoms with Crippen LogP contribution in [0.25, 0.3) is 0 Å². The third-order valence-electron chi connectivity index (χ3n) is 4.76. The van der Waals surface area contributed by atoms with Gasteiger partial charge in [-0.15, -0.1) is 0 Å². The van der Waals surface area contributed by atoms with E-state index in [1.165, 1.54) is 7.11 Å². The summed E-state index contributed by atoms with van der Waals surface area (Å²) in [6, 6.07) is 3.55. The zero-order chi connectivity index (χ0) is 20.4. The van der Waals surface area contributed by atoms with Crippen LogP contribution in [0.5, 0.6) is 11.5 Å². The number of ether oxygens (including phenoxy) is 4. The lowest BCUT2D eigenvalue weighted by Crippen LogP contribution is -2.31. The van der Waals surface area contributed by atoms with Gasteiger partial charge in [0.1, 0.15) is 11.3 Å². The fraction of sp³-hybridized carbons (Fsp3) is 0.400. The summed E-state index contributed by atoms with van der Waals surface area (Å²) >= 11 is 3.49. The SMILES string of the molecule is CCOc1cc([C@H]2C(C(=O)OC)=C(N)OC3=C2C(=O)CCC3)cc(Br)c1OC. The molecular formula is C20H22BrNO6. The number of esters is 1. The summed E-state index contributed by atoms with van der Waals surface area (Å²) in [5.41, 5.74) is 7.28. The number of nitrogens with two attached hydrogens (primary N) is 1. The van der Waals surface area contributed by atoms with Crippen LogP contribution in [0.3, 0.4) is 0 Å². The molecule has 3 rings (SSSR count). The predicted molar refractivity (Wildman–Crippen MR) is 105 cm³/mol. The normalized spacial score (nSPS) is 19.1. The van der Waals surface area contributed by atoms with Crippen molar-refractivity contribution in [3.8, 4) is 11.5 Å². The van der Waals surface area contributed by atoms with Gasteiger partial charge in [-0.25, -0.2) is 4.79 Å². The lowest BCUT2D eigenvalue weighted by molar-refractivity contribution is -0.136. The van der Waals surface area contributed by atoms with Crippen molar-refractivity contribution < 1.29 is 28.5 Å². The molecule has 1 aromatic carbocycles.